The van der Waals surface area contributed by atoms with E-state index in [1.807, 2.05) is 0 Å². The van der Waals surface area contributed by atoms with Crippen molar-refractivity contribution >= 4 is 0 Å². The molecule has 0 bridgehead atoms. The van der Waals surface area contributed by atoms with E-state index in [-0.39, 0.29) is 5.79 Å². The summed E-state index contributed by atoms with van der Waals surface area (Å²) in [6.07, 6.45) is 12.0. The molecule has 8 unspecified atom stereocenters. The predicted molar refractivity (Wildman–Crippen MR) is 121 cm³/mol. The van der Waals surface area contributed by atoms with Crippen LogP contribution in [0.15, 0.2) is 0 Å². The molecule has 0 aromatic heterocycles. The Hall–Kier alpha value is -0.160. The molecule has 4 nitrogen and oxygen atoms in total. The summed E-state index contributed by atoms with van der Waals surface area (Å²) in [4.78, 5) is 0. The van der Waals surface area contributed by atoms with Gasteiger partial charge in [0.15, 0.2) is 5.79 Å². The van der Waals surface area contributed by atoms with Crippen LogP contribution < -0.4 is 11.5 Å². The van der Waals surface area contributed by atoms with Gasteiger partial charge in [0, 0.05) is 23.8 Å². The van der Waals surface area contributed by atoms with Crippen LogP contribution in [0.1, 0.15) is 85.5 Å². The summed E-state index contributed by atoms with van der Waals surface area (Å²) in [5, 5.41) is 0. The van der Waals surface area contributed by atoms with Crippen LogP contribution in [0.25, 0.3) is 0 Å². The topological polar surface area (TPSA) is 70.5 Å². The molecule has 2 aliphatic heterocycles. The van der Waals surface area contributed by atoms with E-state index in [1.54, 1.807) is 0 Å². The van der Waals surface area contributed by atoms with Crippen molar-refractivity contribution < 1.29 is 9.47 Å². The maximum absolute atomic E-state index is 7.24. The largest absolute Gasteiger partial charge is 0.345 e. The lowest BCUT2D eigenvalue weighted by Gasteiger charge is -2.65. The number of ether oxygens (including phenoxy) is 2. The lowest BCUT2D eigenvalue weighted by Crippen LogP contribution is -2.72. The van der Waals surface area contributed by atoms with Crippen molar-refractivity contribution in [3.63, 3.8) is 0 Å². The van der Waals surface area contributed by atoms with Gasteiger partial charge in [0.25, 0.3) is 0 Å². The van der Waals surface area contributed by atoms with Crippen LogP contribution in [0.3, 0.4) is 0 Å². The van der Waals surface area contributed by atoms with Gasteiger partial charge in [-0.2, -0.15) is 0 Å². The zero-order valence-corrected chi connectivity index (χ0v) is 20.1. The summed E-state index contributed by atoms with van der Waals surface area (Å²) in [6, 6.07) is 0.438. The number of fused-ring (bicyclic) bond motifs is 9. The number of hydrogen-bond acceptors (Lipinski definition) is 4. The molecule has 7 aliphatic rings. The SMILES string of the molecule is C[C@@H]1CC2C1O[C@@]21O[C@@]2(N)CC3C4CCC5CC(N)CCC5(C)C4CC[C@]3(C)[C@H]2[C@@H]1C. The molecule has 0 amide bonds. The highest BCUT2D eigenvalue weighted by molar-refractivity contribution is 5.22. The summed E-state index contributed by atoms with van der Waals surface area (Å²) < 4.78 is 13.4. The van der Waals surface area contributed by atoms with E-state index >= 15 is 0 Å². The van der Waals surface area contributed by atoms with E-state index < -0.39 is 5.72 Å². The molecule has 14 atom stereocenters. The summed E-state index contributed by atoms with van der Waals surface area (Å²) in [5.41, 5.74) is 14.0. The zero-order chi connectivity index (χ0) is 21.6. The highest BCUT2D eigenvalue weighted by Crippen LogP contribution is 2.75. The first kappa shape index (κ1) is 20.2. The van der Waals surface area contributed by atoms with Crippen LogP contribution in [0, 0.1) is 58.2 Å². The maximum atomic E-state index is 7.24. The summed E-state index contributed by atoms with van der Waals surface area (Å²) in [7, 11) is 0. The van der Waals surface area contributed by atoms with Crippen LogP contribution in [0.5, 0.6) is 0 Å². The van der Waals surface area contributed by atoms with Gasteiger partial charge >= 0.3 is 0 Å². The van der Waals surface area contributed by atoms with Gasteiger partial charge in [0.1, 0.15) is 5.72 Å². The van der Waals surface area contributed by atoms with Crippen molar-refractivity contribution in [2.24, 2.45) is 69.6 Å². The van der Waals surface area contributed by atoms with E-state index in [4.69, 9.17) is 20.9 Å². The zero-order valence-electron chi connectivity index (χ0n) is 20.1. The predicted octanol–water partition coefficient (Wildman–Crippen LogP) is 4.65. The molecule has 5 aliphatic carbocycles. The first-order valence-electron chi connectivity index (χ1n) is 13.5. The smallest absolute Gasteiger partial charge is 0.179 e. The second-order valence-corrected chi connectivity index (χ2v) is 13.9. The standard InChI is InChI=1S/C27H44N2O2/c1-14-11-20-22(14)30-27(20)15(2)23-25(4)10-8-19-18(21(25)13-26(23,29)31-27)6-5-16-12-17(28)7-9-24(16,19)3/h14-23H,5-13,28-29H2,1-4H3/t14-,15+,16?,17?,18?,19?,20?,21?,22?,23-,24?,25+,26+,27+/m1/s1. The van der Waals surface area contributed by atoms with Crippen LogP contribution in [0.2, 0.25) is 0 Å². The summed E-state index contributed by atoms with van der Waals surface area (Å²) >= 11 is 0. The first-order chi connectivity index (χ1) is 14.6. The maximum Gasteiger partial charge on any atom is 0.179 e. The fourth-order valence-electron chi connectivity index (χ4n) is 11.4. The fourth-order valence-corrected chi connectivity index (χ4v) is 11.4. The van der Waals surface area contributed by atoms with Crippen LogP contribution in [-0.2, 0) is 9.47 Å². The van der Waals surface area contributed by atoms with Crippen LogP contribution >= 0.6 is 0 Å². The molecule has 4 heteroatoms. The third-order valence-electron chi connectivity index (χ3n) is 12.8. The molecule has 0 radical (unpaired) electrons. The van der Waals surface area contributed by atoms with Crippen molar-refractivity contribution in [2.75, 3.05) is 0 Å². The molecule has 0 aromatic carbocycles. The second kappa shape index (κ2) is 5.90. The third kappa shape index (κ3) is 2.19. The Labute approximate surface area is 188 Å². The van der Waals surface area contributed by atoms with Crippen molar-refractivity contribution in [1.29, 1.82) is 0 Å². The van der Waals surface area contributed by atoms with E-state index in [0.717, 1.165) is 24.2 Å². The lowest BCUT2D eigenvalue weighted by atomic mass is 9.44. The normalized spacial score (nSPS) is 68.7. The Morgan fingerprint density at radius 3 is 2.35 bits per heavy atom. The van der Waals surface area contributed by atoms with Crippen molar-refractivity contribution in [2.45, 2.75) is 109 Å². The van der Waals surface area contributed by atoms with Gasteiger partial charge in [-0.05, 0) is 98.2 Å². The van der Waals surface area contributed by atoms with Crippen molar-refractivity contribution in [3.8, 4) is 0 Å². The Kier molecular flexibility index (Phi) is 3.85. The van der Waals surface area contributed by atoms with E-state index in [1.165, 1.54) is 51.4 Å². The molecule has 4 N–H and O–H groups in total. The van der Waals surface area contributed by atoms with Crippen molar-refractivity contribution in [3.05, 3.63) is 0 Å². The molecule has 174 valence electrons. The highest BCUT2D eigenvalue weighted by Gasteiger charge is 2.79. The average Bonchev–Trinajstić information content (AvgIpc) is 3.10. The molecule has 7 rings (SSSR count). The monoisotopic (exact) mass is 428 g/mol. The fraction of sp³-hybridized carbons (Fsp3) is 1.00. The third-order valence-corrected chi connectivity index (χ3v) is 12.8. The Bertz CT molecular complexity index is 804. The minimum atomic E-state index is -0.482. The molecule has 2 saturated heterocycles. The van der Waals surface area contributed by atoms with Gasteiger partial charge in [0.05, 0.1) is 6.10 Å². The molecular formula is C27H44N2O2. The van der Waals surface area contributed by atoms with Gasteiger partial charge < -0.3 is 20.9 Å². The summed E-state index contributed by atoms with van der Waals surface area (Å²) in [6.45, 7) is 9.96. The highest BCUT2D eigenvalue weighted by atomic mass is 16.7. The van der Waals surface area contributed by atoms with Crippen LogP contribution in [-0.4, -0.2) is 23.7 Å². The van der Waals surface area contributed by atoms with E-state index in [0.29, 0.717) is 52.6 Å². The minimum Gasteiger partial charge on any atom is -0.345 e. The molecule has 31 heavy (non-hydrogen) atoms. The molecule has 1 spiro atoms. The molecule has 0 aromatic rings. The van der Waals surface area contributed by atoms with Gasteiger partial charge in [0.2, 0.25) is 0 Å². The Morgan fingerprint density at radius 1 is 0.871 bits per heavy atom. The number of nitrogens with two attached hydrogens (primary N) is 2. The van der Waals surface area contributed by atoms with Gasteiger partial charge in [-0.3, -0.25) is 0 Å². The first-order valence-corrected chi connectivity index (χ1v) is 13.5. The number of rotatable bonds is 0. The van der Waals surface area contributed by atoms with Gasteiger partial charge in [-0.1, -0.05) is 27.7 Å². The number of hydrogen-bond donors (Lipinski definition) is 2. The van der Waals surface area contributed by atoms with Crippen molar-refractivity contribution in [1.82, 2.24) is 0 Å². The van der Waals surface area contributed by atoms with E-state index in [9.17, 15) is 0 Å². The molecular weight excluding hydrogens is 384 g/mol. The molecule has 5 saturated carbocycles. The van der Waals surface area contributed by atoms with Gasteiger partial charge in [-0.25, -0.2) is 0 Å². The minimum absolute atomic E-state index is 0.302. The average molecular weight is 429 g/mol. The molecule has 7 fully saturated rings. The lowest BCUT2D eigenvalue weighted by molar-refractivity contribution is -0.442. The van der Waals surface area contributed by atoms with Crippen LogP contribution in [0.4, 0.5) is 0 Å². The Balaban J connectivity index is 1.19. The summed E-state index contributed by atoms with van der Waals surface area (Å²) in [5.74, 6) is 5.00. The molecule has 2 heterocycles. The Morgan fingerprint density at radius 2 is 1.65 bits per heavy atom. The van der Waals surface area contributed by atoms with Gasteiger partial charge in [-0.15, -0.1) is 0 Å². The van der Waals surface area contributed by atoms with E-state index in [2.05, 4.69) is 27.7 Å². The quantitative estimate of drug-likeness (QED) is 0.589. The second-order valence-electron chi connectivity index (χ2n) is 13.9.